The highest BCUT2D eigenvalue weighted by atomic mass is 32.2. The molecule has 1 heterocycles. The molecule has 3 fully saturated rings. The van der Waals surface area contributed by atoms with Crippen LogP contribution in [0.25, 0.3) is 0 Å². The number of rotatable bonds is 15. The Kier molecular flexibility index (Phi) is 13.1. The number of amides is 5. The van der Waals surface area contributed by atoms with E-state index in [0.717, 1.165) is 36.4 Å². The number of nitrogens with one attached hydrogen (secondary N) is 4. The first-order chi connectivity index (χ1) is 22.7. The van der Waals surface area contributed by atoms with Gasteiger partial charge in [0, 0.05) is 46.8 Å². The number of nitrogens with zero attached hydrogens (tertiary/aromatic N) is 3. The number of carbonyl (C=O) groups is 5. The molecule has 6 atom stereocenters. The highest BCUT2D eigenvalue weighted by Crippen LogP contribution is 2.65. The van der Waals surface area contributed by atoms with E-state index in [4.69, 9.17) is 0 Å². The fourth-order valence-electron chi connectivity index (χ4n) is 7.37. The number of urea groups is 1. The summed E-state index contributed by atoms with van der Waals surface area (Å²) in [5.74, 6) is -2.65. The summed E-state index contributed by atoms with van der Waals surface area (Å²) in [6, 6.07) is -4.02. The summed E-state index contributed by atoms with van der Waals surface area (Å²) in [6.45, 7) is 15.5. The van der Waals surface area contributed by atoms with Crippen molar-refractivity contribution < 1.29 is 32.4 Å². The van der Waals surface area contributed by atoms with E-state index in [1.165, 1.54) is 31.5 Å². The highest BCUT2D eigenvalue weighted by Gasteiger charge is 2.69. The van der Waals surface area contributed by atoms with Crippen molar-refractivity contribution in [1.82, 2.24) is 34.8 Å². The maximum Gasteiger partial charge on any atom is 0.315 e. The number of hydrogen-bond acceptors (Lipinski definition) is 7. The number of hydrogen-bond donors (Lipinski definition) is 4. The van der Waals surface area contributed by atoms with Crippen LogP contribution in [-0.2, 0) is 29.4 Å². The average molecular weight is 710 g/mol. The van der Waals surface area contributed by atoms with Crippen LogP contribution >= 0.6 is 0 Å². The maximum atomic E-state index is 14.5. The topological polar surface area (TPSA) is 177 Å². The largest absolute Gasteiger partial charge is 0.346 e. The van der Waals surface area contributed by atoms with Gasteiger partial charge in [-0.15, -0.1) is 6.58 Å². The van der Waals surface area contributed by atoms with Crippen molar-refractivity contribution in [3.05, 3.63) is 12.7 Å². The molecule has 4 N–H and O–H groups in total. The minimum Gasteiger partial charge on any atom is -0.346 e. The summed E-state index contributed by atoms with van der Waals surface area (Å²) in [5, 5.41) is 11.1. The molecule has 0 bridgehead atoms. The fraction of sp³-hybridized carbons (Fsp3) is 0.794. The van der Waals surface area contributed by atoms with E-state index >= 15 is 0 Å². The van der Waals surface area contributed by atoms with Gasteiger partial charge < -0.3 is 26.2 Å². The lowest BCUT2D eigenvalue weighted by atomic mass is 9.83. The van der Waals surface area contributed by atoms with E-state index in [9.17, 15) is 32.4 Å². The van der Waals surface area contributed by atoms with Gasteiger partial charge in [0.05, 0.1) is 6.04 Å². The number of Topliss-reactive ketones (excluding diaryl/α,β-unsaturated/α-hetero) is 1. The van der Waals surface area contributed by atoms with Gasteiger partial charge in [-0.25, -0.2) is 4.79 Å². The van der Waals surface area contributed by atoms with Crippen LogP contribution in [0.5, 0.6) is 0 Å². The van der Waals surface area contributed by atoms with Gasteiger partial charge >= 0.3 is 6.03 Å². The SMILES string of the molecule is C=CCNC(=O)C(=O)C(CC)NC(=O)[C@@H]1[C@@H]2[C@H](CN1C(=O)[C@@H](NC(=O)N[C@H](CN(C)S(=O)(=O)N(C)C)C(C)(C)C)C1CCCCC1)C2(C)C. The van der Waals surface area contributed by atoms with Crippen LogP contribution in [-0.4, -0.2) is 116 Å². The lowest BCUT2D eigenvalue weighted by molar-refractivity contribution is -0.144. The van der Waals surface area contributed by atoms with Gasteiger partial charge in [0.25, 0.3) is 16.1 Å². The molecule has 0 aromatic carbocycles. The fourth-order valence-corrected chi connectivity index (χ4v) is 8.26. The molecule has 49 heavy (non-hydrogen) atoms. The molecular formula is C34H59N7O7S. The van der Waals surface area contributed by atoms with Crippen molar-refractivity contribution in [2.75, 3.05) is 40.8 Å². The Balaban J connectivity index is 1.85. The van der Waals surface area contributed by atoms with Crippen LogP contribution < -0.4 is 21.3 Å². The summed E-state index contributed by atoms with van der Waals surface area (Å²) < 4.78 is 27.8. The molecule has 1 unspecified atom stereocenters. The zero-order chi connectivity index (χ0) is 37.1. The zero-order valence-corrected chi connectivity index (χ0v) is 31.6. The Labute approximate surface area is 292 Å². The summed E-state index contributed by atoms with van der Waals surface area (Å²) in [4.78, 5) is 69.0. The van der Waals surface area contributed by atoms with Crippen LogP contribution in [0.2, 0.25) is 0 Å². The molecule has 14 nitrogen and oxygen atoms in total. The van der Waals surface area contributed by atoms with E-state index in [1.807, 2.05) is 20.8 Å². The quantitative estimate of drug-likeness (QED) is 0.148. The number of ketones is 1. The van der Waals surface area contributed by atoms with Gasteiger partial charge in [0.2, 0.25) is 17.6 Å². The number of likely N-dealkylation sites (tertiary alicyclic amines) is 1. The Morgan fingerprint density at radius 2 is 1.61 bits per heavy atom. The van der Waals surface area contributed by atoms with Crippen molar-refractivity contribution in [2.24, 2.45) is 28.6 Å². The minimum atomic E-state index is -3.73. The molecule has 0 spiro atoms. The third kappa shape index (κ3) is 9.20. The van der Waals surface area contributed by atoms with E-state index < -0.39 is 63.4 Å². The predicted molar refractivity (Wildman–Crippen MR) is 187 cm³/mol. The van der Waals surface area contributed by atoms with Crippen LogP contribution in [0.15, 0.2) is 12.7 Å². The van der Waals surface area contributed by atoms with Crippen molar-refractivity contribution in [1.29, 1.82) is 0 Å². The Bertz CT molecular complexity index is 1370. The second-order valence-electron chi connectivity index (χ2n) is 15.7. The molecule has 278 valence electrons. The van der Waals surface area contributed by atoms with Gasteiger partial charge in [-0.3, -0.25) is 19.2 Å². The summed E-state index contributed by atoms with van der Waals surface area (Å²) in [6.07, 6.45) is 5.96. The van der Waals surface area contributed by atoms with Gasteiger partial charge in [-0.05, 0) is 47.8 Å². The molecular weight excluding hydrogens is 650 g/mol. The molecule has 0 radical (unpaired) electrons. The average Bonchev–Trinajstić information content (AvgIpc) is 3.34. The van der Waals surface area contributed by atoms with Crippen LogP contribution in [0.1, 0.15) is 80.1 Å². The lowest BCUT2D eigenvalue weighted by Crippen LogP contribution is -2.62. The summed E-state index contributed by atoms with van der Waals surface area (Å²) >= 11 is 0. The molecule has 2 aliphatic carbocycles. The van der Waals surface area contributed by atoms with E-state index in [-0.39, 0.29) is 48.6 Å². The molecule has 1 aliphatic heterocycles. The van der Waals surface area contributed by atoms with Crippen LogP contribution in [0.3, 0.4) is 0 Å². The van der Waals surface area contributed by atoms with Crippen molar-refractivity contribution >= 4 is 39.7 Å². The Morgan fingerprint density at radius 3 is 2.14 bits per heavy atom. The predicted octanol–water partition coefficient (Wildman–Crippen LogP) is 1.64. The van der Waals surface area contributed by atoms with Crippen molar-refractivity contribution in [3.63, 3.8) is 0 Å². The third-order valence-corrected chi connectivity index (χ3v) is 12.6. The maximum absolute atomic E-state index is 14.5. The first kappa shape index (κ1) is 40.4. The van der Waals surface area contributed by atoms with Crippen molar-refractivity contribution in [3.8, 4) is 0 Å². The molecule has 3 aliphatic rings. The van der Waals surface area contributed by atoms with Crippen LogP contribution in [0, 0.1) is 28.6 Å². The van der Waals surface area contributed by atoms with Gasteiger partial charge in [-0.1, -0.05) is 66.9 Å². The monoisotopic (exact) mass is 709 g/mol. The van der Waals surface area contributed by atoms with E-state index in [1.54, 1.807) is 11.8 Å². The molecule has 3 rings (SSSR count). The first-order valence-electron chi connectivity index (χ1n) is 17.4. The third-order valence-electron chi connectivity index (χ3n) is 10.8. The second kappa shape index (κ2) is 15.9. The first-order valence-corrected chi connectivity index (χ1v) is 18.8. The number of likely N-dealkylation sites (N-methyl/N-ethyl adjacent to an activating group) is 1. The summed E-state index contributed by atoms with van der Waals surface area (Å²) in [7, 11) is 0.605. The van der Waals surface area contributed by atoms with Gasteiger partial charge in [0.15, 0.2) is 0 Å². The number of piperidine rings is 1. The Hall–Kier alpha value is -3.04. The Morgan fingerprint density at radius 1 is 1.00 bits per heavy atom. The molecule has 15 heteroatoms. The highest BCUT2D eigenvalue weighted by molar-refractivity contribution is 7.86. The second-order valence-corrected chi connectivity index (χ2v) is 18.0. The van der Waals surface area contributed by atoms with E-state index in [2.05, 4.69) is 41.7 Å². The molecule has 0 aromatic rings. The molecule has 5 amide bonds. The minimum absolute atomic E-state index is 0.00914. The van der Waals surface area contributed by atoms with E-state index in [0.29, 0.717) is 6.54 Å². The molecule has 0 aromatic heterocycles. The molecule has 1 saturated heterocycles. The normalized spacial score (nSPS) is 24.0. The summed E-state index contributed by atoms with van der Waals surface area (Å²) in [5.41, 5.74) is -0.728. The standard InChI is InChI=1S/C34H59N7O7S/c1-11-18-35-30(44)28(42)23(12-2)36-29(43)27-25-22(34(25,6)7)19-41(27)31(45)26(21-16-14-13-15-17-21)38-32(46)37-24(33(3,4)5)20-40(10)49(47,48)39(8)9/h11,21-27H,1,12-20H2,2-10H3,(H,35,44)(H,36,43)(H2,37,38,46)/t22-,23?,24+,25-,26-,27-/m0/s1. The van der Waals surface area contributed by atoms with Gasteiger partial charge in [-0.2, -0.15) is 17.0 Å². The number of fused-ring (bicyclic) bond motifs is 1. The lowest BCUT2D eigenvalue weighted by Gasteiger charge is -2.38. The number of carbonyl (C=O) groups excluding carboxylic acids is 5. The smallest absolute Gasteiger partial charge is 0.315 e. The van der Waals surface area contributed by atoms with Crippen LogP contribution in [0.4, 0.5) is 4.79 Å². The molecule has 2 saturated carbocycles. The zero-order valence-electron chi connectivity index (χ0n) is 30.8. The van der Waals surface area contributed by atoms with Gasteiger partial charge in [0.1, 0.15) is 12.1 Å². The van der Waals surface area contributed by atoms with Crippen molar-refractivity contribution in [2.45, 2.75) is 104 Å².